The molecule has 1 heterocycles. The second-order valence-electron chi connectivity index (χ2n) is 10.4. The van der Waals surface area contributed by atoms with Crippen molar-refractivity contribution in [1.29, 1.82) is 0 Å². The fourth-order valence-corrected chi connectivity index (χ4v) is 5.16. The van der Waals surface area contributed by atoms with E-state index in [4.69, 9.17) is 0 Å². The summed E-state index contributed by atoms with van der Waals surface area (Å²) in [6.07, 6.45) is 8.22. The topological polar surface area (TPSA) is 17.8 Å². The van der Waals surface area contributed by atoms with E-state index in [1.54, 1.807) is 5.56 Å². The molecule has 1 unspecified atom stereocenters. The number of imidazole rings is 1. The second-order valence-corrected chi connectivity index (χ2v) is 10.4. The van der Waals surface area contributed by atoms with Gasteiger partial charge < -0.3 is 4.57 Å². The van der Waals surface area contributed by atoms with E-state index in [-0.39, 0.29) is 6.04 Å². The second kappa shape index (κ2) is 10.5. The third kappa shape index (κ3) is 5.17. The standard InChI is InChI=1S/C30H42N2/c1-20(2)24-11-9-12-25(21(3)4)28(24)15-16-29(32-18-17-31-19-32)30-26(22(5)6)13-10-14-27(30)23(7)8/h9-14,17-23,29H,15-16H2,1-8H3. The van der Waals surface area contributed by atoms with Gasteiger partial charge in [-0.3, -0.25) is 0 Å². The van der Waals surface area contributed by atoms with Gasteiger partial charge in [0.05, 0.1) is 12.4 Å². The van der Waals surface area contributed by atoms with Crippen molar-refractivity contribution in [3.8, 4) is 0 Å². The Kier molecular flexibility index (Phi) is 7.98. The Morgan fingerprint density at radius 2 is 1.16 bits per heavy atom. The highest BCUT2D eigenvalue weighted by Crippen LogP contribution is 2.38. The molecule has 1 atom stereocenters. The molecule has 0 radical (unpaired) electrons. The van der Waals surface area contributed by atoms with Gasteiger partial charge in [-0.15, -0.1) is 0 Å². The minimum absolute atomic E-state index is 0.286. The fourth-order valence-electron chi connectivity index (χ4n) is 5.16. The first-order valence-electron chi connectivity index (χ1n) is 12.4. The summed E-state index contributed by atoms with van der Waals surface area (Å²) < 4.78 is 2.33. The summed E-state index contributed by atoms with van der Waals surface area (Å²) in [6, 6.07) is 14.1. The van der Waals surface area contributed by atoms with Gasteiger partial charge in [0.15, 0.2) is 0 Å². The molecule has 0 aliphatic carbocycles. The average molecular weight is 431 g/mol. The Morgan fingerprint density at radius 1 is 0.688 bits per heavy atom. The molecule has 2 aromatic carbocycles. The molecule has 32 heavy (non-hydrogen) atoms. The molecule has 2 nitrogen and oxygen atoms in total. The van der Waals surface area contributed by atoms with Gasteiger partial charge in [-0.05, 0) is 69.9 Å². The molecule has 0 saturated heterocycles. The van der Waals surface area contributed by atoms with E-state index in [0.717, 1.165) is 12.8 Å². The largest absolute Gasteiger partial charge is 0.330 e. The first-order chi connectivity index (χ1) is 15.2. The molecule has 0 saturated carbocycles. The van der Waals surface area contributed by atoms with Gasteiger partial charge in [-0.25, -0.2) is 4.98 Å². The van der Waals surface area contributed by atoms with E-state index in [0.29, 0.717) is 23.7 Å². The van der Waals surface area contributed by atoms with E-state index in [2.05, 4.69) is 108 Å². The molecule has 172 valence electrons. The summed E-state index contributed by atoms with van der Waals surface area (Å²) in [7, 11) is 0. The zero-order chi connectivity index (χ0) is 23.4. The lowest BCUT2D eigenvalue weighted by Gasteiger charge is -2.29. The first-order valence-corrected chi connectivity index (χ1v) is 12.4. The van der Waals surface area contributed by atoms with Crippen LogP contribution in [-0.4, -0.2) is 9.55 Å². The zero-order valence-corrected chi connectivity index (χ0v) is 21.4. The van der Waals surface area contributed by atoms with Crippen LogP contribution in [0.25, 0.3) is 0 Å². The van der Waals surface area contributed by atoms with Gasteiger partial charge >= 0.3 is 0 Å². The third-order valence-corrected chi connectivity index (χ3v) is 6.80. The maximum Gasteiger partial charge on any atom is 0.0951 e. The van der Waals surface area contributed by atoms with Gasteiger partial charge in [-0.2, -0.15) is 0 Å². The predicted octanol–water partition coefficient (Wildman–Crippen LogP) is 8.60. The highest BCUT2D eigenvalue weighted by molar-refractivity contribution is 5.43. The van der Waals surface area contributed by atoms with Crippen molar-refractivity contribution in [2.75, 3.05) is 0 Å². The monoisotopic (exact) mass is 430 g/mol. The SMILES string of the molecule is CC(C)c1cccc(C(C)C)c1CCC(c1c(C(C)C)cccc1C(C)C)n1ccnc1. The van der Waals surface area contributed by atoms with Crippen molar-refractivity contribution in [2.24, 2.45) is 0 Å². The molecular weight excluding hydrogens is 388 g/mol. The Morgan fingerprint density at radius 3 is 1.56 bits per heavy atom. The third-order valence-electron chi connectivity index (χ3n) is 6.80. The van der Waals surface area contributed by atoms with Crippen molar-refractivity contribution in [2.45, 2.75) is 97.9 Å². The molecule has 0 fully saturated rings. The lowest BCUT2D eigenvalue weighted by atomic mass is 9.81. The van der Waals surface area contributed by atoms with E-state index in [9.17, 15) is 0 Å². The first kappa shape index (κ1) is 24.3. The van der Waals surface area contributed by atoms with Crippen LogP contribution in [-0.2, 0) is 6.42 Å². The van der Waals surface area contributed by atoms with Gasteiger partial charge in [0.2, 0.25) is 0 Å². The molecule has 1 aromatic heterocycles. The zero-order valence-electron chi connectivity index (χ0n) is 21.4. The van der Waals surface area contributed by atoms with Crippen molar-refractivity contribution >= 4 is 0 Å². The molecule has 0 spiro atoms. The molecule has 0 bridgehead atoms. The summed E-state index contributed by atoms with van der Waals surface area (Å²) in [5.41, 5.74) is 9.00. The Bertz CT molecular complexity index is 941. The molecule has 2 heteroatoms. The Labute approximate surface area is 196 Å². The van der Waals surface area contributed by atoms with E-state index in [1.165, 1.54) is 27.8 Å². The van der Waals surface area contributed by atoms with Crippen LogP contribution in [0, 0.1) is 0 Å². The van der Waals surface area contributed by atoms with E-state index < -0.39 is 0 Å². The van der Waals surface area contributed by atoms with Crippen LogP contribution in [0.3, 0.4) is 0 Å². The van der Waals surface area contributed by atoms with E-state index >= 15 is 0 Å². The van der Waals surface area contributed by atoms with Crippen LogP contribution in [0.4, 0.5) is 0 Å². The number of hydrogen-bond acceptors (Lipinski definition) is 1. The fraction of sp³-hybridized carbons (Fsp3) is 0.500. The maximum atomic E-state index is 4.43. The van der Waals surface area contributed by atoms with E-state index in [1.807, 2.05) is 12.5 Å². The van der Waals surface area contributed by atoms with Crippen molar-refractivity contribution in [3.63, 3.8) is 0 Å². The van der Waals surface area contributed by atoms with Crippen molar-refractivity contribution in [1.82, 2.24) is 9.55 Å². The quantitative estimate of drug-likeness (QED) is 0.332. The molecule has 0 N–H and O–H groups in total. The Hall–Kier alpha value is -2.35. The lowest BCUT2D eigenvalue weighted by molar-refractivity contribution is 0.522. The highest BCUT2D eigenvalue weighted by atomic mass is 15.0. The summed E-state index contributed by atoms with van der Waals surface area (Å²) >= 11 is 0. The van der Waals surface area contributed by atoms with Gasteiger partial charge in [0.25, 0.3) is 0 Å². The van der Waals surface area contributed by atoms with Gasteiger partial charge in [0.1, 0.15) is 0 Å². The maximum absolute atomic E-state index is 4.43. The van der Waals surface area contributed by atoms with Gasteiger partial charge in [0, 0.05) is 12.4 Å². The summed E-state index contributed by atoms with van der Waals surface area (Å²) in [4.78, 5) is 4.43. The summed E-state index contributed by atoms with van der Waals surface area (Å²) in [5.74, 6) is 2.04. The molecule has 0 amide bonds. The number of hydrogen-bond donors (Lipinski definition) is 0. The molecule has 3 aromatic rings. The van der Waals surface area contributed by atoms with Crippen molar-refractivity contribution < 1.29 is 0 Å². The Balaban J connectivity index is 2.11. The minimum Gasteiger partial charge on any atom is -0.330 e. The molecule has 3 rings (SSSR count). The van der Waals surface area contributed by atoms with Gasteiger partial charge in [-0.1, -0.05) is 91.8 Å². The minimum atomic E-state index is 0.286. The van der Waals surface area contributed by atoms with Crippen LogP contribution < -0.4 is 0 Å². The summed E-state index contributed by atoms with van der Waals surface area (Å²) in [5, 5.41) is 0. The number of nitrogens with zero attached hydrogens (tertiary/aromatic N) is 2. The smallest absolute Gasteiger partial charge is 0.0951 e. The van der Waals surface area contributed by atoms with Crippen molar-refractivity contribution in [3.05, 3.63) is 88.5 Å². The van der Waals surface area contributed by atoms with Crippen LogP contribution in [0.1, 0.15) is 125 Å². The van der Waals surface area contributed by atoms with Crippen LogP contribution in [0.15, 0.2) is 55.1 Å². The number of aromatic nitrogens is 2. The van der Waals surface area contributed by atoms with Crippen LogP contribution >= 0.6 is 0 Å². The lowest BCUT2D eigenvalue weighted by Crippen LogP contribution is -2.17. The molecule has 0 aliphatic rings. The van der Waals surface area contributed by atoms with Crippen LogP contribution in [0.2, 0.25) is 0 Å². The van der Waals surface area contributed by atoms with Crippen LogP contribution in [0.5, 0.6) is 0 Å². The predicted molar refractivity (Wildman–Crippen MR) is 138 cm³/mol. The summed E-state index contributed by atoms with van der Waals surface area (Å²) in [6.45, 7) is 18.6. The normalized spacial score (nSPS) is 13.0. The highest BCUT2D eigenvalue weighted by Gasteiger charge is 2.24. The molecule has 0 aliphatic heterocycles. The average Bonchev–Trinajstić information content (AvgIpc) is 3.27. The number of benzene rings is 2. The molecular formula is C30H42N2. The number of rotatable bonds is 9.